The number of amides is 1. The lowest BCUT2D eigenvalue weighted by Gasteiger charge is -2.18. The van der Waals surface area contributed by atoms with E-state index in [9.17, 15) is 13.6 Å². The molecule has 9 nitrogen and oxygen atoms in total. The highest BCUT2D eigenvalue weighted by atomic mass is 19.1. The fourth-order valence-corrected chi connectivity index (χ4v) is 4.05. The number of rotatable bonds is 8. The molecule has 0 radical (unpaired) electrons. The number of nitrogens with zero attached hydrogens (tertiary/aromatic N) is 6. The summed E-state index contributed by atoms with van der Waals surface area (Å²) in [5, 5.41) is 7.45. The standard InChI is InChI=1S/C24H23F2N7O2/c1-15(17-6-5-16(25)12-19(17)26)29-21-13-20(18-14-28-33-9-3-7-27-23(18)33)30-24(31-21)35-11-10-32-8-2-4-22(32)34/h3,5-7,9,12-15H,2,4,8,10-11H2,1H3,(H,29,30,31)/t15-/m0/s1. The zero-order valence-electron chi connectivity index (χ0n) is 19.0. The Bertz CT molecular complexity index is 1380. The molecule has 4 aromatic rings. The Morgan fingerprint density at radius 3 is 2.91 bits per heavy atom. The summed E-state index contributed by atoms with van der Waals surface area (Å²) in [7, 11) is 0. The minimum absolute atomic E-state index is 0.0960. The van der Waals surface area contributed by atoms with Crippen LogP contribution in [0.15, 0.2) is 48.9 Å². The number of fused-ring (bicyclic) bond motifs is 1. The van der Waals surface area contributed by atoms with Gasteiger partial charge in [0.25, 0.3) is 0 Å². The van der Waals surface area contributed by atoms with Gasteiger partial charge < -0.3 is 15.0 Å². The predicted molar refractivity (Wildman–Crippen MR) is 124 cm³/mol. The van der Waals surface area contributed by atoms with Gasteiger partial charge in [0.2, 0.25) is 5.91 Å². The molecular formula is C24H23F2N7O2. The molecule has 1 aliphatic heterocycles. The zero-order valence-corrected chi connectivity index (χ0v) is 19.0. The Morgan fingerprint density at radius 1 is 1.23 bits per heavy atom. The van der Waals surface area contributed by atoms with E-state index in [0.717, 1.165) is 12.5 Å². The minimum Gasteiger partial charge on any atom is -0.462 e. The van der Waals surface area contributed by atoms with Crippen LogP contribution in [0.3, 0.4) is 0 Å². The number of aromatic nitrogens is 5. The number of likely N-dealkylation sites (tertiary alicyclic amines) is 1. The first kappa shape index (κ1) is 22.6. The quantitative estimate of drug-likeness (QED) is 0.412. The maximum absolute atomic E-state index is 14.3. The average molecular weight is 479 g/mol. The van der Waals surface area contributed by atoms with Crippen molar-refractivity contribution in [3.05, 3.63) is 66.1 Å². The summed E-state index contributed by atoms with van der Waals surface area (Å²) in [4.78, 5) is 26.9. The van der Waals surface area contributed by atoms with E-state index in [4.69, 9.17) is 4.74 Å². The van der Waals surface area contributed by atoms with E-state index in [1.54, 1.807) is 47.1 Å². The van der Waals surface area contributed by atoms with E-state index < -0.39 is 17.7 Å². The average Bonchev–Trinajstić information content (AvgIpc) is 3.45. The lowest BCUT2D eigenvalue weighted by molar-refractivity contribution is -0.128. The lowest BCUT2D eigenvalue weighted by atomic mass is 10.1. The van der Waals surface area contributed by atoms with Gasteiger partial charge in [-0.3, -0.25) is 4.79 Å². The highest BCUT2D eigenvalue weighted by Crippen LogP contribution is 2.28. The van der Waals surface area contributed by atoms with Crippen LogP contribution < -0.4 is 10.1 Å². The molecule has 1 fully saturated rings. The van der Waals surface area contributed by atoms with Crippen molar-refractivity contribution in [3.63, 3.8) is 0 Å². The van der Waals surface area contributed by atoms with Gasteiger partial charge in [0, 0.05) is 43.1 Å². The van der Waals surface area contributed by atoms with Crippen LogP contribution in [0.5, 0.6) is 6.01 Å². The SMILES string of the molecule is C[C@H](Nc1cc(-c2cnn3cccnc23)nc(OCCN2CCCC2=O)n1)c1ccc(F)cc1F. The highest BCUT2D eigenvalue weighted by molar-refractivity contribution is 5.78. The fraction of sp³-hybridized carbons (Fsp3) is 0.292. The first-order chi connectivity index (χ1) is 17.0. The molecule has 180 valence electrons. The molecule has 35 heavy (non-hydrogen) atoms. The third-order valence-corrected chi connectivity index (χ3v) is 5.82. The number of ether oxygens (including phenoxy) is 1. The third-order valence-electron chi connectivity index (χ3n) is 5.82. The van der Waals surface area contributed by atoms with Crippen molar-refractivity contribution >= 4 is 17.4 Å². The first-order valence-corrected chi connectivity index (χ1v) is 11.3. The number of nitrogens with one attached hydrogen (secondary N) is 1. The number of hydrogen-bond donors (Lipinski definition) is 1. The van der Waals surface area contributed by atoms with Gasteiger partial charge >= 0.3 is 6.01 Å². The summed E-state index contributed by atoms with van der Waals surface area (Å²) in [5.41, 5.74) is 2.06. The smallest absolute Gasteiger partial charge is 0.318 e. The van der Waals surface area contributed by atoms with Gasteiger partial charge in [0.15, 0.2) is 5.65 Å². The van der Waals surface area contributed by atoms with Crippen LogP contribution in [0.2, 0.25) is 0 Å². The van der Waals surface area contributed by atoms with E-state index in [2.05, 4.69) is 25.4 Å². The van der Waals surface area contributed by atoms with Crippen LogP contribution in [-0.2, 0) is 4.79 Å². The Labute approximate surface area is 199 Å². The monoisotopic (exact) mass is 479 g/mol. The minimum atomic E-state index is -0.655. The van der Waals surface area contributed by atoms with Crippen molar-refractivity contribution in [2.24, 2.45) is 0 Å². The van der Waals surface area contributed by atoms with E-state index in [0.29, 0.717) is 47.8 Å². The molecule has 0 bridgehead atoms. The Morgan fingerprint density at radius 2 is 2.11 bits per heavy atom. The van der Waals surface area contributed by atoms with Crippen LogP contribution in [-0.4, -0.2) is 55.1 Å². The molecule has 1 aromatic carbocycles. The number of anilines is 1. The van der Waals surface area contributed by atoms with Gasteiger partial charge in [-0.05, 0) is 25.5 Å². The molecule has 1 saturated heterocycles. The first-order valence-electron chi connectivity index (χ1n) is 11.3. The Balaban J connectivity index is 1.43. The summed E-state index contributed by atoms with van der Waals surface area (Å²) in [6.07, 6.45) is 6.48. The van der Waals surface area contributed by atoms with E-state index in [1.807, 2.05) is 0 Å². The molecule has 4 heterocycles. The number of carbonyl (C=O) groups excluding carboxylic acids is 1. The normalized spacial score (nSPS) is 14.5. The second-order valence-electron chi connectivity index (χ2n) is 8.23. The molecule has 3 aromatic heterocycles. The zero-order chi connectivity index (χ0) is 24.4. The van der Waals surface area contributed by atoms with Gasteiger partial charge in [0.05, 0.1) is 30.0 Å². The van der Waals surface area contributed by atoms with Gasteiger partial charge in [0.1, 0.15) is 24.1 Å². The van der Waals surface area contributed by atoms with Crippen LogP contribution in [0.4, 0.5) is 14.6 Å². The molecule has 1 aliphatic rings. The molecule has 5 rings (SSSR count). The van der Waals surface area contributed by atoms with Crippen LogP contribution >= 0.6 is 0 Å². The van der Waals surface area contributed by atoms with Crippen LogP contribution in [0.25, 0.3) is 16.9 Å². The summed E-state index contributed by atoms with van der Waals surface area (Å²) in [6.45, 7) is 3.12. The molecular weight excluding hydrogens is 456 g/mol. The van der Waals surface area contributed by atoms with E-state index in [-0.39, 0.29) is 18.5 Å². The van der Waals surface area contributed by atoms with Crippen molar-refractivity contribution in [2.45, 2.75) is 25.8 Å². The van der Waals surface area contributed by atoms with Crippen LogP contribution in [0.1, 0.15) is 31.4 Å². The molecule has 11 heteroatoms. The Hall–Kier alpha value is -4.15. The molecule has 0 saturated carbocycles. The molecule has 1 atom stereocenters. The van der Waals surface area contributed by atoms with Crippen molar-refractivity contribution in [1.82, 2.24) is 29.5 Å². The summed E-state index contributed by atoms with van der Waals surface area (Å²) >= 11 is 0. The Kier molecular flexibility index (Phi) is 6.21. The number of carbonyl (C=O) groups is 1. The number of hydrogen-bond acceptors (Lipinski definition) is 7. The summed E-state index contributed by atoms with van der Waals surface area (Å²) in [5.74, 6) is -0.805. The van der Waals surface area contributed by atoms with E-state index in [1.165, 1.54) is 12.1 Å². The number of benzene rings is 1. The largest absolute Gasteiger partial charge is 0.462 e. The van der Waals surface area contributed by atoms with Crippen LogP contribution in [0, 0.1) is 11.6 Å². The maximum Gasteiger partial charge on any atom is 0.318 e. The van der Waals surface area contributed by atoms with Crippen molar-refractivity contribution in [3.8, 4) is 17.3 Å². The fourth-order valence-electron chi connectivity index (χ4n) is 4.05. The molecule has 0 aliphatic carbocycles. The molecule has 0 unspecified atom stereocenters. The second kappa shape index (κ2) is 9.61. The summed E-state index contributed by atoms with van der Waals surface area (Å²) < 4.78 is 35.1. The van der Waals surface area contributed by atoms with Crippen molar-refractivity contribution < 1.29 is 18.3 Å². The van der Waals surface area contributed by atoms with Gasteiger partial charge in [-0.15, -0.1) is 0 Å². The highest BCUT2D eigenvalue weighted by Gasteiger charge is 2.20. The number of halogens is 2. The maximum atomic E-state index is 14.3. The molecule has 0 spiro atoms. The predicted octanol–water partition coefficient (Wildman–Crippen LogP) is 3.64. The van der Waals surface area contributed by atoms with Gasteiger partial charge in [-0.2, -0.15) is 15.1 Å². The second-order valence-corrected chi connectivity index (χ2v) is 8.23. The van der Waals surface area contributed by atoms with Gasteiger partial charge in [-0.1, -0.05) is 6.07 Å². The topological polar surface area (TPSA) is 97.5 Å². The lowest BCUT2D eigenvalue weighted by Crippen LogP contribution is -2.29. The van der Waals surface area contributed by atoms with Crippen molar-refractivity contribution in [1.29, 1.82) is 0 Å². The molecule has 1 N–H and O–H groups in total. The molecule has 1 amide bonds. The van der Waals surface area contributed by atoms with E-state index >= 15 is 0 Å². The van der Waals surface area contributed by atoms with Gasteiger partial charge in [-0.25, -0.2) is 18.3 Å². The van der Waals surface area contributed by atoms with Crippen molar-refractivity contribution in [2.75, 3.05) is 25.0 Å². The third kappa shape index (κ3) is 4.88. The summed E-state index contributed by atoms with van der Waals surface area (Å²) in [6, 6.07) is 6.49.